The fourth-order valence-corrected chi connectivity index (χ4v) is 2.42. The third-order valence-electron chi connectivity index (χ3n) is 3.42. The summed E-state index contributed by atoms with van der Waals surface area (Å²) in [5, 5.41) is 3.21. The Morgan fingerprint density at radius 1 is 1.20 bits per heavy atom. The van der Waals surface area contributed by atoms with E-state index in [4.69, 9.17) is 16.3 Å². The van der Waals surface area contributed by atoms with Crippen molar-refractivity contribution in [3.63, 3.8) is 0 Å². The number of halogens is 2. The summed E-state index contributed by atoms with van der Waals surface area (Å²) in [5.74, 6) is 0.168. The molecule has 0 atom stereocenters. The lowest BCUT2D eigenvalue weighted by molar-refractivity contribution is -0.129. The molecule has 0 radical (unpaired) electrons. The van der Waals surface area contributed by atoms with E-state index in [2.05, 4.69) is 21.2 Å². The second kappa shape index (κ2) is 9.44. The highest BCUT2D eigenvalue weighted by Crippen LogP contribution is 2.16. The van der Waals surface area contributed by atoms with Crippen molar-refractivity contribution < 1.29 is 14.3 Å². The third kappa shape index (κ3) is 6.40. The molecule has 2 aromatic carbocycles. The molecule has 2 amide bonds. The van der Waals surface area contributed by atoms with Crippen molar-refractivity contribution in [2.24, 2.45) is 0 Å². The molecule has 7 heteroatoms. The minimum Gasteiger partial charge on any atom is -0.492 e. The maximum Gasteiger partial charge on any atom is 0.251 e. The van der Waals surface area contributed by atoms with Crippen LogP contribution >= 0.6 is 27.5 Å². The van der Waals surface area contributed by atoms with Crippen LogP contribution in [0.15, 0.2) is 53.0 Å². The lowest BCUT2D eigenvalue weighted by Crippen LogP contribution is -2.39. The SMILES string of the molecule is CN(CCOc1cccc(Cl)c1)C(=O)CNC(=O)c1ccc(Br)cc1. The number of rotatable bonds is 7. The third-order valence-corrected chi connectivity index (χ3v) is 4.19. The van der Waals surface area contributed by atoms with Gasteiger partial charge in [0.1, 0.15) is 12.4 Å². The van der Waals surface area contributed by atoms with Gasteiger partial charge in [-0.1, -0.05) is 33.6 Å². The topological polar surface area (TPSA) is 58.6 Å². The van der Waals surface area contributed by atoms with Crippen molar-refractivity contribution in [1.29, 1.82) is 0 Å². The van der Waals surface area contributed by atoms with Gasteiger partial charge < -0.3 is 15.0 Å². The normalized spacial score (nSPS) is 10.2. The van der Waals surface area contributed by atoms with Crippen LogP contribution in [0.5, 0.6) is 5.75 Å². The van der Waals surface area contributed by atoms with Gasteiger partial charge in [-0.25, -0.2) is 0 Å². The highest BCUT2D eigenvalue weighted by atomic mass is 79.9. The molecule has 0 heterocycles. The summed E-state index contributed by atoms with van der Waals surface area (Å²) >= 11 is 9.19. The highest BCUT2D eigenvalue weighted by Gasteiger charge is 2.11. The predicted molar refractivity (Wildman–Crippen MR) is 101 cm³/mol. The minimum absolute atomic E-state index is 0.0669. The zero-order valence-corrected chi connectivity index (χ0v) is 16.0. The second-order valence-corrected chi connectivity index (χ2v) is 6.66. The summed E-state index contributed by atoms with van der Waals surface area (Å²) in [7, 11) is 1.66. The van der Waals surface area contributed by atoms with Crippen LogP contribution in [-0.4, -0.2) is 43.5 Å². The largest absolute Gasteiger partial charge is 0.492 e. The Balaban J connectivity index is 1.72. The molecular formula is C18H18BrClN2O3. The Morgan fingerprint density at radius 3 is 2.60 bits per heavy atom. The number of amides is 2. The van der Waals surface area contributed by atoms with Crippen LogP contribution in [0.2, 0.25) is 5.02 Å². The number of nitrogens with zero attached hydrogens (tertiary/aromatic N) is 1. The molecule has 132 valence electrons. The summed E-state index contributed by atoms with van der Waals surface area (Å²) in [6, 6.07) is 14.0. The molecule has 0 saturated carbocycles. The van der Waals surface area contributed by atoms with E-state index in [1.807, 2.05) is 0 Å². The molecule has 2 rings (SSSR count). The molecule has 0 aromatic heterocycles. The van der Waals surface area contributed by atoms with Gasteiger partial charge in [0.05, 0.1) is 13.1 Å². The average molecular weight is 426 g/mol. The van der Waals surface area contributed by atoms with E-state index >= 15 is 0 Å². The molecule has 0 spiro atoms. The Kier molecular flexibility index (Phi) is 7.28. The smallest absolute Gasteiger partial charge is 0.251 e. The van der Waals surface area contributed by atoms with Gasteiger partial charge in [0.2, 0.25) is 5.91 Å². The molecule has 0 aliphatic carbocycles. The highest BCUT2D eigenvalue weighted by molar-refractivity contribution is 9.10. The van der Waals surface area contributed by atoms with Crippen LogP contribution in [0.25, 0.3) is 0 Å². The molecule has 2 aromatic rings. The predicted octanol–water partition coefficient (Wildman–Crippen LogP) is 3.37. The molecule has 0 aliphatic heterocycles. The van der Waals surface area contributed by atoms with Gasteiger partial charge in [0, 0.05) is 22.1 Å². The summed E-state index contributed by atoms with van der Waals surface area (Å²) in [6.07, 6.45) is 0. The molecule has 0 saturated heterocycles. The summed E-state index contributed by atoms with van der Waals surface area (Å²) in [4.78, 5) is 25.5. The molecular weight excluding hydrogens is 408 g/mol. The van der Waals surface area contributed by atoms with Gasteiger partial charge in [-0.2, -0.15) is 0 Å². The van der Waals surface area contributed by atoms with E-state index in [0.29, 0.717) is 29.5 Å². The Bertz CT molecular complexity index is 737. The van der Waals surface area contributed by atoms with E-state index in [-0.39, 0.29) is 18.4 Å². The van der Waals surface area contributed by atoms with Crippen LogP contribution in [0.3, 0.4) is 0 Å². The number of hydrogen-bond acceptors (Lipinski definition) is 3. The van der Waals surface area contributed by atoms with Crippen molar-refractivity contribution in [3.8, 4) is 5.75 Å². The maximum atomic E-state index is 12.1. The van der Waals surface area contributed by atoms with Crippen LogP contribution in [-0.2, 0) is 4.79 Å². The van der Waals surface area contributed by atoms with Crippen molar-refractivity contribution in [3.05, 3.63) is 63.6 Å². The number of carbonyl (C=O) groups excluding carboxylic acids is 2. The molecule has 0 bridgehead atoms. The molecule has 0 aliphatic rings. The van der Waals surface area contributed by atoms with Gasteiger partial charge in [0.15, 0.2) is 0 Å². The van der Waals surface area contributed by atoms with Crippen molar-refractivity contribution in [2.75, 3.05) is 26.7 Å². The van der Waals surface area contributed by atoms with E-state index in [1.54, 1.807) is 55.6 Å². The average Bonchev–Trinajstić information content (AvgIpc) is 2.60. The number of carbonyl (C=O) groups is 2. The van der Waals surface area contributed by atoms with Crippen LogP contribution < -0.4 is 10.1 Å². The number of ether oxygens (including phenoxy) is 1. The Morgan fingerprint density at radius 2 is 1.92 bits per heavy atom. The van der Waals surface area contributed by atoms with E-state index in [1.165, 1.54) is 4.90 Å². The monoisotopic (exact) mass is 424 g/mol. The van der Waals surface area contributed by atoms with Gasteiger partial charge in [-0.05, 0) is 42.5 Å². The van der Waals surface area contributed by atoms with Crippen molar-refractivity contribution in [2.45, 2.75) is 0 Å². The second-order valence-electron chi connectivity index (χ2n) is 5.31. The molecule has 25 heavy (non-hydrogen) atoms. The first kappa shape index (κ1) is 19.3. The van der Waals surface area contributed by atoms with Gasteiger partial charge in [-0.15, -0.1) is 0 Å². The van der Waals surface area contributed by atoms with Crippen molar-refractivity contribution >= 4 is 39.3 Å². The maximum absolute atomic E-state index is 12.1. The fraction of sp³-hybridized carbons (Fsp3) is 0.222. The lowest BCUT2D eigenvalue weighted by atomic mass is 10.2. The van der Waals surface area contributed by atoms with Gasteiger partial charge in [0.25, 0.3) is 5.91 Å². The molecule has 0 unspecified atom stereocenters. The van der Waals surface area contributed by atoms with Crippen LogP contribution in [0.4, 0.5) is 0 Å². The number of likely N-dealkylation sites (N-methyl/N-ethyl adjacent to an activating group) is 1. The number of hydrogen-bond donors (Lipinski definition) is 1. The molecule has 1 N–H and O–H groups in total. The molecule has 0 fully saturated rings. The van der Waals surface area contributed by atoms with Crippen LogP contribution in [0.1, 0.15) is 10.4 Å². The van der Waals surface area contributed by atoms with Gasteiger partial charge in [-0.3, -0.25) is 9.59 Å². The molecule has 5 nitrogen and oxygen atoms in total. The quantitative estimate of drug-likeness (QED) is 0.740. The Labute approximate surface area is 160 Å². The number of nitrogens with one attached hydrogen (secondary N) is 1. The van der Waals surface area contributed by atoms with E-state index in [0.717, 1.165) is 4.47 Å². The first-order valence-electron chi connectivity index (χ1n) is 7.62. The minimum atomic E-state index is -0.288. The first-order chi connectivity index (χ1) is 12.0. The zero-order valence-electron chi connectivity index (χ0n) is 13.7. The summed E-state index contributed by atoms with van der Waals surface area (Å²) < 4.78 is 6.43. The van der Waals surface area contributed by atoms with E-state index in [9.17, 15) is 9.59 Å². The summed E-state index contributed by atoms with van der Waals surface area (Å²) in [6.45, 7) is 0.672. The van der Waals surface area contributed by atoms with Crippen molar-refractivity contribution in [1.82, 2.24) is 10.2 Å². The fourth-order valence-electron chi connectivity index (χ4n) is 1.98. The lowest BCUT2D eigenvalue weighted by Gasteiger charge is -2.18. The van der Waals surface area contributed by atoms with Crippen LogP contribution in [0, 0.1) is 0 Å². The number of benzene rings is 2. The first-order valence-corrected chi connectivity index (χ1v) is 8.79. The van der Waals surface area contributed by atoms with E-state index < -0.39 is 0 Å². The van der Waals surface area contributed by atoms with Gasteiger partial charge >= 0.3 is 0 Å². The summed E-state index contributed by atoms with van der Waals surface area (Å²) in [5.41, 5.74) is 0.503. The standard InChI is InChI=1S/C18H18BrClN2O3/c1-22(9-10-25-16-4-2-3-15(20)11-16)17(23)12-21-18(24)13-5-7-14(19)8-6-13/h2-8,11H,9-10,12H2,1H3,(H,21,24). The Hall–Kier alpha value is -2.05. The zero-order chi connectivity index (χ0) is 18.2.